The number of amides is 1. The second kappa shape index (κ2) is 8.37. The van der Waals surface area contributed by atoms with Crippen LogP contribution in [0.15, 0.2) is 54.6 Å². The van der Waals surface area contributed by atoms with Gasteiger partial charge in [0.1, 0.15) is 11.5 Å². The van der Waals surface area contributed by atoms with E-state index in [0.29, 0.717) is 28.0 Å². The molecule has 0 saturated heterocycles. The van der Waals surface area contributed by atoms with Gasteiger partial charge in [-0.25, -0.2) is 0 Å². The molecule has 1 aromatic heterocycles. The van der Waals surface area contributed by atoms with Crippen LogP contribution in [0, 0.1) is 0 Å². The van der Waals surface area contributed by atoms with Crippen LogP contribution in [0.4, 0.5) is 17.2 Å². The van der Waals surface area contributed by atoms with E-state index in [9.17, 15) is 4.79 Å². The molecule has 0 saturated carbocycles. The van der Waals surface area contributed by atoms with Crippen molar-refractivity contribution >= 4 is 34.7 Å². The molecule has 2 aromatic carbocycles. The molecule has 138 valence electrons. The Labute approximate surface area is 161 Å². The fourth-order valence-electron chi connectivity index (χ4n) is 2.30. The Kier molecular flexibility index (Phi) is 5.73. The quantitative estimate of drug-likeness (QED) is 0.664. The van der Waals surface area contributed by atoms with Crippen LogP contribution in [0.1, 0.15) is 10.5 Å². The molecule has 27 heavy (non-hydrogen) atoms. The number of ether oxygens (including phenoxy) is 2. The van der Waals surface area contributed by atoms with Crippen molar-refractivity contribution in [1.82, 2.24) is 10.2 Å². The van der Waals surface area contributed by atoms with Crippen molar-refractivity contribution in [2.45, 2.75) is 0 Å². The maximum absolute atomic E-state index is 12.4. The number of nitrogens with one attached hydrogen (secondary N) is 2. The number of carbonyl (C=O) groups excluding carboxylic acids is 1. The van der Waals surface area contributed by atoms with Gasteiger partial charge in [0.25, 0.3) is 5.91 Å². The van der Waals surface area contributed by atoms with Crippen molar-refractivity contribution in [2.24, 2.45) is 0 Å². The minimum absolute atomic E-state index is 0.168. The van der Waals surface area contributed by atoms with Crippen molar-refractivity contribution < 1.29 is 14.3 Å². The summed E-state index contributed by atoms with van der Waals surface area (Å²) < 4.78 is 10.4. The van der Waals surface area contributed by atoms with E-state index in [0.717, 1.165) is 5.69 Å². The second-order valence-electron chi connectivity index (χ2n) is 5.46. The monoisotopic (exact) mass is 384 g/mol. The van der Waals surface area contributed by atoms with Gasteiger partial charge in [0.2, 0.25) is 0 Å². The highest BCUT2D eigenvalue weighted by molar-refractivity contribution is 6.30. The normalized spacial score (nSPS) is 10.2. The molecule has 0 spiro atoms. The van der Waals surface area contributed by atoms with E-state index in [4.69, 9.17) is 21.1 Å². The number of carbonyl (C=O) groups is 1. The molecule has 0 fully saturated rings. The molecule has 0 radical (unpaired) electrons. The number of hydrogen-bond donors (Lipinski definition) is 2. The number of aromatic nitrogens is 2. The molecule has 0 aliphatic rings. The molecular formula is C19H17ClN4O3. The lowest BCUT2D eigenvalue weighted by atomic mass is 10.2. The van der Waals surface area contributed by atoms with E-state index in [-0.39, 0.29) is 5.69 Å². The molecule has 3 aromatic rings. The van der Waals surface area contributed by atoms with E-state index >= 15 is 0 Å². The number of nitrogens with zero attached hydrogens (tertiary/aromatic N) is 2. The minimum atomic E-state index is -0.410. The summed E-state index contributed by atoms with van der Waals surface area (Å²) in [6.45, 7) is 0. The minimum Gasteiger partial charge on any atom is -0.497 e. The zero-order chi connectivity index (χ0) is 19.2. The van der Waals surface area contributed by atoms with Gasteiger partial charge in [-0.15, -0.1) is 10.2 Å². The van der Waals surface area contributed by atoms with Crippen LogP contribution >= 0.6 is 11.6 Å². The van der Waals surface area contributed by atoms with Crippen LogP contribution in [0.2, 0.25) is 5.02 Å². The number of benzene rings is 2. The van der Waals surface area contributed by atoms with Crippen LogP contribution in [0.5, 0.6) is 11.5 Å². The van der Waals surface area contributed by atoms with Crippen molar-refractivity contribution in [3.63, 3.8) is 0 Å². The first-order valence-electron chi connectivity index (χ1n) is 7.99. The lowest BCUT2D eigenvalue weighted by molar-refractivity contribution is 0.102. The van der Waals surface area contributed by atoms with Crippen molar-refractivity contribution in [3.8, 4) is 11.5 Å². The SMILES string of the molecule is COc1ccc(OC)c(NC(=O)c2ccc(Nc3ccc(Cl)cc3)nn2)c1. The maximum Gasteiger partial charge on any atom is 0.276 e. The summed E-state index contributed by atoms with van der Waals surface area (Å²) in [5.74, 6) is 1.21. The van der Waals surface area contributed by atoms with Crippen molar-refractivity contribution in [1.29, 1.82) is 0 Å². The van der Waals surface area contributed by atoms with Gasteiger partial charge in [0.05, 0.1) is 19.9 Å². The van der Waals surface area contributed by atoms with Gasteiger partial charge >= 0.3 is 0 Å². The Morgan fingerprint density at radius 1 is 0.963 bits per heavy atom. The molecule has 7 nitrogen and oxygen atoms in total. The molecule has 0 unspecified atom stereocenters. The average Bonchev–Trinajstić information content (AvgIpc) is 2.70. The van der Waals surface area contributed by atoms with Crippen LogP contribution in [-0.2, 0) is 0 Å². The zero-order valence-electron chi connectivity index (χ0n) is 14.7. The summed E-state index contributed by atoms with van der Waals surface area (Å²) in [7, 11) is 3.07. The largest absolute Gasteiger partial charge is 0.497 e. The highest BCUT2D eigenvalue weighted by atomic mass is 35.5. The average molecular weight is 385 g/mol. The van der Waals surface area contributed by atoms with Gasteiger partial charge in [0.15, 0.2) is 11.5 Å². The topological polar surface area (TPSA) is 85.4 Å². The molecule has 1 heterocycles. The third-order valence-corrected chi connectivity index (χ3v) is 3.92. The second-order valence-corrected chi connectivity index (χ2v) is 5.89. The number of rotatable bonds is 6. The first-order chi connectivity index (χ1) is 13.1. The molecule has 3 rings (SSSR count). The van der Waals surface area contributed by atoms with Crippen molar-refractivity contribution in [3.05, 3.63) is 65.3 Å². The Bertz CT molecular complexity index is 931. The fourth-order valence-corrected chi connectivity index (χ4v) is 2.43. The Morgan fingerprint density at radius 2 is 1.74 bits per heavy atom. The van der Waals surface area contributed by atoms with Crippen LogP contribution < -0.4 is 20.1 Å². The number of anilines is 3. The molecule has 0 atom stereocenters. The van der Waals surface area contributed by atoms with E-state index in [1.165, 1.54) is 7.11 Å². The lowest BCUT2D eigenvalue weighted by Gasteiger charge is -2.11. The molecule has 2 N–H and O–H groups in total. The molecule has 8 heteroatoms. The highest BCUT2D eigenvalue weighted by Crippen LogP contribution is 2.29. The summed E-state index contributed by atoms with van der Waals surface area (Å²) in [5.41, 5.74) is 1.46. The first-order valence-corrected chi connectivity index (χ1v) is 8.36. The van der Waals surface area contributed by atoms with Crippen LogP contribution in [0.25, 0.3) is 0 Å². The number of halogens is 1. The van der Waals surface area contributed by atoms with Crippen molar-refractivity contribution in [2.75, 3.05) is 24.9 Å². The molecular weight excluding hydrogens is 368 g/mol. The molecule has 0 aliphatic carbocycles. The maximum atomic E-state index is 12.4. The van der Waals surface area contributed by atoms with E-state index in [2.05, 4.69) is 20.8 Å². The Hall–Kier alpha value is -3.32. The van der Waals surface area contributed by atoms with Gasteiger partial charge in [-0.05, 0) is 48.5 Å². The fraction of sp³-hybridized carbons (Fsp3) is 0.105. The summed E-state index contributed by atoms with van der Waals surface area (Å²) in [6, 6.07) is 15.5. The van der Waals surface area contributed by atoms with Gasteiger partial charge in [0, 0.05) is 16.8 Å². The predicted molar refractivity (Wildman–Crippen MR) is 104 cm³/mol. The Balaban J connectivity index is 1.71. The standard InChI is InChI=1S/C19H17ClN4O3/c1-26-14-7-9-17(27-2)16(11-14)22-19(25)15-8-10-18(24-23-15)21-13-5-3-12(20)4-6-13/h3-11H,1-2H3,(H,21,24)(H,22,25). The zero-order valence-corrected chi connectivity index (χ0v) is 15.4. The summed E-state index contributed by atoms with van der Waals surface area (Å²) >= 11 is 5.86. The van der Waals surface area contributed by atoms with Crippen LogP contribution in [0.3, 0.4) is 0 Å². The highest BCUT2D eigenvalue weighted by Gasteiger charge is 2.13. The number of hydrogen-bond acceptors (Lipinski definition) is 6. The van der Waals surface area contributed by atoms with Gasteiger partial charge in [-0.2, -0.15) is 0 Å². The van der Waals surface area contributed by atoms with Gasteiger partial charge < -0.3 is 20.1 Å². The van der Waals surface area contributed by atoms with Gasteiger partial charge in [-0.3, -0.25) is 4.79 Å². The molecule has 0 aliphatic heterocycles. The van der Waals surface area contributed by atoms with E-state index in [1.54, 1.807) is 49.6 Å². The summed E-state index contributed by atoms with van der Waals surface area (Å²) in [5, 5.41) is 14.5. The smallest absolute Gasteiger partial charge is 0.276 e. The predicted octanol–water partition coefficient (Wildman–Crippen LogP) is 4.14. The third kappa shape index (κ3) is 4.65. The number of methoxy groups -OCH3 is 2. The molecule has 0 bridgehead atoms. The van der Waals surface area contributed by atoms with E-state index < -0.39 is 5.91 Å². The van der Waals surface area contributed by atoms with Crippen LogP contribution in [-0.4, -0.2) is 30.3 Å². The summed E-state index contributed by atoms with van der Waals surface area (Å²) in [6.07, 6.45) is 0. The molecule has 1 amide bonds. The van der Waals surface area contributed by atoms with E-state index in [1.807, 2.05) is 12.1 Å². The summed E-state index contributed by atoms with van der Waals surface area (Å²) in [4.78, 5) is 12.4. The Morgan fingerprint density at radius 3 is 2.37 bits per heavy atom. The first kappa shape index (κ1) is 18.5. The van der Waals surface area contributed by atoms with Gasteiger partial charge in [-0.1, -0.05) is 11.6 Å². The lowest BCUT2D eigenvalue weighted by Crippen LogP contribution is -2.15. The third-order valence-electron chi connectivity index (χ3n) is 3.67.